The van der Waals surface area contributed by atoms with Crippen LogP contribution in [0.5, 0.6) is 0 Å². The van der Waals surface area contributed by atoms with E-state index in [-0.39, 0.29) is 6.04 Å². The highest BCUT2D eigenvalue weighted by atomic mass is 35.5. The highest BCUT2D eigenvalue weighted by Crippen LogP contribution is 2.48. The number of benzene rings is 4. The first-order chi connectivity index (χ1) is 19.1. The second-order valence-corrected chi connectivity index (χ2v) is 10.2. The maximum atomic E-state index is 6.55. The normalized spacial score (nSPS) is 15.6. The van der Waals surface area contributed by atoms with E-state index in [0.717, 1.165) is 51.2 Å². The fourth-order valence-corrected chi connectivity index (χ4v) is 5.51. The Morgan fingerprint density at radius 1 is 0.795 bits per heavy atom. The summed E-state index contributed by atoms with van der Waals surface area (Å²) < 4.78 is 1.93. The Balaban J connectivity index is 1.50. The van der Waals surface area contributed by atoms with Gasteiger partial charge in [0.1, 0.15) is 0 Å². The summed E-state index contributed by atoms with van der Waals surface area (Å²) in [6.07, 6.45) is 0. The second-order valence-electron chi connectivity index (χ2n) is 9.77. The predicted octanol–water partition coefficient (Wildman–Crippen LogP) is 7.94. The van der Waals surface area contributed by atoms with E-state index in [4.69, 9.17) is 26.7 Å². The molecule has 2 aliphatic rings. The molecule has 0 spiro atoms. The molecule has 0 radical (unpaired) electrons. The van der Waals surface area contributed by atoms with Gasteiger partial charge in [-0.15, -0.1) is 0 Å². The van der Waals surface area contributed by atoms with E-state index in [1.165, 1.54) is 5.56 Å². The Bertz CT molecular complexity index is 1770. The smallest absolute Gasteiger partial charge is 0.179 e. The molecule has 0 bridgehead atoms. The van der Waals surface area contributed by atoms with E-state index in [0.29, 0.717) is 10.9 Å². The number of hydrogen-bond donors (Lipinski definition) is 1. The van der Waals surface area contributed by atoms with E-state index in [1.54, 1.807) is 0 Å². The summed E-state index contributed by atoms with van der Waals surface area (Å²) in [7, 11) is 0. The number of nitrogens with one attached hydrogen (secondary N) is 1. The molecule has 5 aromatic rings. The van der Waals surface area contributed by atoms with Crippen molar-refractivity contribution in [3.63, 3.8) is 0 Å². The molecule has 0 fully saturated rings. The molecular weight excluding hydrogens is 504 g/mol. The van der Waals surface area contributed by atoms with Gasteiger partial charge in [0.05, 0.1) is 28.8 Å². The van der Waals surface area contributed by atoms with Gasteiger partial charge in [0, 0.05) is 16.3 Å². The molecule has 0 amide bonds. The second kappa shape index (κ2) is 9.26. The van der Waals surface area contributed by atoms with Gasteiger partial charge < -0.3 is 10.2 Å². The Morgan fingerprint density at radius 2 is 1.56 bits per heavy atom. The van der Waals surface area contributed by atoms with Crippen molar-refractivity contribution in [2.75, 3.05) is 10.2 Å². The molecule has 1 N–H and O–H groups in total. The Labute approximate surface area is 231 Å². The number of halogens is 1. The number of amidine groups is 2. The Hall–Kier alpha value is -4.68. The van der Waals surface area contributed by atoms with Gasteiger partial charge >= 0.3 is 0 Å². The molecular formula is C32H25ClN6. The highest BCUT2D eigenvalue weighted by molar-refractivity contribution is 6.51. The van der Waals surface area contributed by atoms with E-state index in [1.807, 2.05) is 78.3 Å². The molecule has 3 heterocycles. The summed E-state index contributed by atoms with van der Waals surface area (Å²) >= 11 is 6.55. The van der Waals surface area contributed by atoms with E-state index in [9.17, 15) is 0 Å². The van der Waals surface area contributed by atoms with Crippen molar-refractivity contribution < 1.29 is 0 Å². The monoisotopic (exact) mass is 528 g/mol. The van der Waals surface area contributed by atoms with E-state index >= 15 is 0 Å². The van der Waals surface area contributed by atoms with Crippen LogP contribution in [0.4, 0.5) is 22.9 Å². The number of para-hydroxylation sites is 3. The van der Waals surface area contributed by atoms with Gasteiger partial charge in [-0.05, 0) is 67.9 Å². The lowest BCUT2D eigenvalue weighted by Crippen LogP contribution is -2.46. The Morgan fingerprint density at radius 3 is 2.36 bits per heavy atom. The number of nitrogens with zero attached hydrogens (tertiary/aromatic N) is 5. The number of hydrogen-bond acceptors (Lipinski definition) is 5. The van der Waals surface area contributed by atoms with Crippen LogP contribution in [-0.2, 0) is 0 Å². The molecule has 0 aliphatic carbocycles. The van der Waals surface area contributed by atoms with Crippen LogP contribution in [-0.4, -0.2) is 21.5 Å². The molecule has 2 aliphatic heterocycles. The van der Waals surface area contributed by atoms with Crippen molar-refractivity contribution >= 4 is 46.2 Å². The number of fused-ring (bicyclic) bond motifs is 4. The van der Waals surface area contributed by atoms with Crippen LogP contribution >= 0.6 is 11.6 Å². The fourth-order valence-electron chi connectivity index (χ4n) is 5.31. The zero-order valence-corrected chi connectivity index (χ0v) is 22.3. The molecule has 0 saturated carbocycles. The van der Waals surface area contributed by atoms with Crippen molar-refractivity contribution in [2.45, 2.75) is 19.9 Å². The molecule has 0 unspecified atom stereocenters. The zero-order valence-electron chi connectivity index (χ0n) is 21.5. The number of aryl methyl sites for hydroxylation is 2. The van der Waals surface area contributed by atoms with Crippen molar-refractivity contribution in [3.8, 4) is 5.69 Å². The number of aliphatic imine (C=N–C) groups is 2. The quantitative estimate of drug-likeness (QED) is 0.258. The molecule has 4 aromatic carbocycles. The van der Waals surface area contributed by atoms with Crippen LogP contribution in [0.15, 0.2) is 113 Å². The number of rotatable bonds is 3. The van der Waals surface area contributed by atoms with Gasteiger partial charge in [-0.3, -0.25) is 0 Å². The first-order valence-electron chi connectivity index (χ1n) is 12.9. The summed E-state index contributed by atoms with van der Waals surface area (Å²) in [5.41, 5.74) is 7.94. The van der Waals surface area contributed by atoms with Crippen molar-refractivity contribution in [3.05, 3.63) is 131 Å². The van der Waals surface area contributed by atoms with Gasteiger partial charge in [-0.25, -0.2) is 14.7 Å². The third kappa shape index (κ3) is 4.01. The van der Waals surface area contributed by atoms with Crippen LogP contribution in [0.2, 0.25) is 5.02 Å². The van der Waals surface area contributed by atoms with Crippen LogP contribution in [0.1, 0.15) is 28.4 Å². The minimum absolute atomic E-state index is 0.213. The third-order valence-electron chi connectivity index (χ3n) is 7.12. The zero-order chi connectivity index (χ0) is 26.5. The molecule has 1 aromatic heterocycles. The van der Waals surface area contributed by atoms with Gasteiger partial charge in [0.15, 0.2) is 17.5 Å². The molecule has 7 rings (SSSR count). The standard InChI is InChI=1S/C32H25ClN6/c1-20-15-17-24(18-16-20)34-30-32-36-31-28(21(2)37-39(31)25-11-4-3-5-12-25)29(22-9-8-10-23(33)19-22)38(32)27-14-7-6-13-26(27)35-30/h3-19,29H,1-2H3,(H,34,35)/t29-/m1/s1. The minimum Gasteiger partial charge on any atom is -0.337 e. The fraction of sp³-hybridized carbons (Fsp3) is 0.0938. The average Bonchev–Trinajstić information content (AvgIpc) is 3.29. The van der Waals surface area contributed by atoms with E-state index in [2.05, 4.69) is 53.5 Å². The van der Waals surface area contributed by atoms with Crippen LogP contribution < -0.4 is 10.2 Å². The van der Waals surface area contributed by atoms with Crippen LogP contribution in [0.25, 0.3) is 5.69 Å². The first kappa shape index (κ1) is 23.4. The molecule has 6 nitrogen and oxygen atoms in total. The van der Waals surface area contributed by atoms with Crippen molar-refractivity contribution in [2.24, 2.45) is 9.98 Å². The van der Waals surface area contributed by atoms with Gasteiger partial charge in [-0.1, -0.05) is 71.8 Å². The molecule has 7 heteroatoms. The maximum absolute atomic E-state index is 6.55. The summed E-state index contributed by atoms with van der Waals surface area (Å²) in [6, 6.07) is 34.4. The summed E-state index contributed by atoms with van der Waals surface area (Å²) in [6.45, 7) is 4.13. The lowest BCUT2D eigenvalue weighted by Gasteiger charge is -2.40. The van der Waals surface area contributed by atoms with E-state index < -0.39 is 0 Å². The molecule has 190 valence electrons. The molecule has 1 atom stereocenters. The largest absolute Gasteiger partial charge is 0.337 e. The minimum atomic E-state index is -0.213. The summed E-state index contributed by atoms with van der Waals surface area (Å²) in [5, 5.41) is 9.22. The topological polar surface area (TPSA) is 57.8 Å². The third-order valence-corrected chi connectivity index (χ3v) is 7.35. The van der Waals surface area contributed by atoms with Gasteiger partial charge in [0.25, 0.3) is 0 Å². The highest BCUT2D eigenvalue weighted by Gasteiger charge is 2.41. The maximum Gasteiger partial charge on any atom is 0.179 e. The summed E-state index contributed by atoms with van der Waals surface area (Å²) in [5.74, 6) is 2.19. The summed E-state index contributed by atoms with van der Waals surface area (Å²) in [4.78, 5) is 12.6. The van der Waals surface area contributed by atoms with Crippen LogP contribution in [0, 0.1) is 13.8 Å². The van der Waals surface area contributed by atoms with Gasteiger partial charge in [-0.2, -0.15) is 5.10 Å². The molecule has 0 saturated heterocycles. The average molecular weight is 529 g/mol. The van der Waals surface area contributed by atoms with Crippen LogP contribution in [0.3, 0.4) is 0 Å². The van der Waals surface area contributed by atoms with Gasteiger partial charge in [0.2, 0.25) is 0 Å². The predicted molar refractivity (Wildman–Crippen MR) is 160 cm³/mol. The first-order valence-corrected chi connectivity index (χ1v) is 13.2. The van der Waals surface area contributed by atoms with Crippen molar-refractivity contribution in [1.82, 2.24) is 9.78 Å². The molecule has 39 heavy (non-hydrogen) atoms. The number of anilines is 2. The lowest BCUT2D eigenvalue weighted by molar-refractivity contribution is 0.815. The lowest BCUT2D eigenvalue weighted by atomic mass is 9.93. The number of aromatic nitrogens is 2. The SMILES string of the molecule is Cc1ccc(NC2=Nc3ccccc3N3C2=Nc2c(c(C)nn2-c2ccccc2)[C@H]3c2cccc(Cl)c2)cc1. The Kier molecular flexibility index (Phi) is 5.56. The van der Waals surface area contributed by atoms with Crippen molar-refractivity contribution in [1.29, 1.82) is 0 Å².